The van der Waals surface area contributed by atoms with Crippen LogP contribution in [0.5, 0.6) is 0 Å². The van der Waals surface area contributed by atoms with Crippen molar-refractivity contribution in [2.75, 3.05) is 6.61 Å². The summed E-state index contributed by atoms with van der Waals surface area (Å²) in [7, 11) is -10.1. The van der Waals surface area contributed by atoms with Gasteiger partial charge in [-0.3, -0.25) is 14.1 Å². The van der Waals surface area contributed by atoms with Gasteiger partial charge in [0, 0.05) is 0 Å². The number of aromatic nitrogens is 3. The van der Waals surface area contributed by atoms with Crippen LogP contribution in [0.15, 0.2) is 15.9 Å². The van der Waals surface area contributed by atoms with E-state index in [1.165, 1.54) is 0 Å². The maximum Gasteiger partial charge on any atom is 0.481 e. The van der Waals surface area contributed by atoms with Gasteiger partial charge in [0.25, 0.3) is 0 Å². The summed E-state index contributed by atoms with van der Waals surface area (Å²) in [6.07, 6.45) is 0.173. The van der Waals surface area contributed by atoms with Crippen molar-refractivity contribution in [1.82, 2.24) is 14.5 Å². The predicted molar refractivity (Wildman–Crippen MR) is 71.2 cm³/mol. The minimum absolute atomic E-state index is 0.326. The largest absolute Gasteiger partial charge is 0.481 e. The lowest BCUT2D eigenvalue weighted by atomic mass is 10.2. The molecule has 4 N–H and O–H groups in total. The Morgan fingerprint density at radius 2 is 2.04 bits per heavy atom. The molecule has 23 heavy (non-hydrogen) atoms. The lowest BCUT2D eigenvalue weighted by Crippen LogP contribution is -2.33. The van der Waals surface area contributed by atoms with Crippen LogP contribution in [-0.4, -0.2) is 41.9 Å². The molecule has 1 fully saturated rings. The van der Waals surface area contributed by atoms with Gasteiger partial charge < -0.3 is 19.4 Å². The van der Waals surface area contributed by atoms with Crippen molar-refractivity contribution in [3.63, 3.8) is 0 Å². The lowest BCUT2D eigenvalue weighted by molar-refractivity contribution is -0.0249. The van der Waals surface area contributed by atoms with Gasteiger partial charge in [0.05, 0.1) is 12.7 Å². The zero-order chi connectivity index (χ0) is 17.3. The molecular weight excluding hydrogens is 360 g/mol. The minimum Gasteiger partial charge on any atom is -0.352 e. The number of nitrogens with one attached hydrogen (secondary N) is 1. The molecule has 130 valence electrons. The molecule has 0 saturated carbocycles. The summed E-state index contributed by atoms with van der Waals surface area (Å²) in [5, 5.41) is 0. The smallest absolute Gasteiger partial charge is 0.352 e. The van der Waals surface area contributed by atoms with Crippen molar-refractivity contribution in [2.45, 2.75) is 25.2 Å². The van der Waals surface area contributed by atoms with Crippen molar-refractivity contribution in [1.29, 1.82) is 0 Å². The van der Waals surface area contributed by atoms with Crippen LogP contribution in [-0.2, 0) is 22.7 Å². The van der Waals surface area contributed by atoms with E-state index >= 15 is 0 Å². The normalized spacial score (nSPS) is 24.5. The van der Waals surface area contributed by atoms with E-state index in [2.05, 4.69) is 13.8 Å². The van der Waals surface area contributed by atoms with Crippen LogP contribution in [0.3, 0.4) is 0 Å². The van der Waals surface area contributed by atoms with Crippen LogP contribution in [0.25, 0.3) is 0 Å². The maximum absolute atomic E-state index is 11.6. The summed E-state index contributed by atoms with van der Waals surface area (Å²) in [6, 6.07) is 0. The minimum atomic E-state index is -5.19. The molecule has 1 aromatic heterocycles. The van der Waals surface area contributed by atoms with Crippen LogP contribution in [0.1, 0.15) is 19.1 Å². The van der Waals surface area contributed by atoms with E-state index in [4.69, 9.17) is 19.4 Å². The van der Waals surface area contributed by atoms with Gasteiger partial charge in [-0.15, -0.1) is 0 Å². The van der Waals surface area contributed by atoms with Crippen molar-refractivity contribution in [2.24, 2.45) is 0 Å². The summed E-state index contributed by atoms with van der Waals surface area (Å²) >= 11 is 0. The Hall–Kier alpha value is -1.17. The molecule has 1 saturated heterocycles. The number of phosphoric acid groups is 2. The Balaban J connectivity index is 1.93. The third kappa shape index (κ3) is 5.44. The zero-order valence-corrected chi connectivity index (χ0v) is 13.1. The van der Waals surface area contributed by atoms with Gasteiger partial charge in [-0.05, 0) is 12.8 Å². The molecule has 0 amide bonds. The number of nitrogens with zero attached hydrogens (tertiary/aromatic N) is 2. The molecule has 0 radical (unpaired) electrons. The molecule has 1 aliphatic rings. The number of hydrogen-bond donors (Lipinski definition) is 4. The van der Waals surface area contributed by atoms with Gasteiger partial charge >= 0.3 is 27.0 Å². The number of ether oxygens (including phenoxy) is 1. The fourth-order valence-corrected chi connectivity index (χ4v) is 3.53. The van der Waals surface area contributed by atoms with E-state index in [1.807, 2.05) is 4.98 Å². The van der Waals surface area contributed by atoms with Gasteiger partial charge in [-0.1, -0.05) is 0 Å². The van der Waals surface area contributed by atoms with Crippen molar-refractivity contribution in [3.8, 4) is 0 Å². The molecular formula is C8H13N3O10P2. The molecule has 2 heterocycles. The van der Waals surface area contributed by atoms with E-state index < -0.39 is 46.0 Å². The van der Waals surface area contributed by atoms with Gasteiger partial charge in [0.15, 0.2) is 0 Å². The monoisotopic (exact) mass is 373 g/mol. The number of rotatable bonds is 6. The van der Waals surface area contributed by atoms with Crippen molar-refractivity contribution < 1.29 is 37.4 Å². The fourth-order valence-electron chi connectivity index (χ4n) is 1.91. The zero-order valence-electron chi connectivity index (χ0n) is 11.3. The average Bonchev–Trinajstić information content (AvgIpc) is 2.82. The molecule has 0 aromatic carbocycles. The Kier molecular flexibility index (Phi) is 5.33. The molecule has 1 aromatic rings. The second kappa shape index (κ2) is 6.75. The van der Waals surface area contributed by atoms with E-state index in [0.29, 0.717) is 12.8 Å². The highest BCUT2D eigenvalue weighted by atomic mass is 31.3. The molecule has 0 bridgehead atoms. The summed E-state index contributed by atoms with van der Waals surface area (Å²) in [5.41, 5.74) is -1.53. The second-order valence-electron chi connectivity index (χ2n) is 4.51. The number of hydrogen-bond acceptors (Lipinski definition) is 8. The molecule has 1 unspecified atom stereocenters. The van der Waals surface area contributed by atoms with E-state index in [9.17, 15) is 18.7 Å². The first-order valence-electron chi connectivity index (χ1n) is 6.13. The molecule has 0 aliphatic carbocycles. The highest BCUT2D eigenvalue weighted by Crippen LogP contribution is 2.57. The van der Waals surface area contributed by atoms with Gasteiger partial charge in [0.1, 0.15) is 12.6 Å². The Morgan fingerprint density at radius 1 is 1.35 bits per heavy atom. The highest BCUT2D eigenvalue weighted by molar-refractivity contribution is 7.60. The molecule has 1 aliphatic heterocycles. The molecule has 3 atom stereocenters. The van der Waals surface area contributed by atoms with Crippen LogP contribution in [0.4, 0.5) is 0 Å². The molecule has 0 spiro atoms. The number of phosphoric ester groups is 1. The number of H-pyrrole nitrogens is 1. The Morgan fingerprint density at radius 3 is 2.65 bits per heavy atom. The first-order chi connectivity index (χ1) is 10.6. The predicted octanol–water partition coefficient (Wildman–Crippen LogP) is -1.16. The SMILES string of the molecule is O=c1ncn([C@H]2CC[C@@H](COP(=O)(O)OP(=O)(O)O)O2)c(=O)[nH]1. The maximum atomic E-state index is 11.6. The first-order valence-corrected chi connectivity index (χ1v) is 9.15. The first kappa shape index (κ1) is 18.2. The average molecular weight is 373 g/mol. The highest BCUT2D eigenvalue weighted by Gasteiger charge is 2.35. The van der Waals surface area contributed by atoms with E-state index in [-0.39, 0.29) is 0 Å². The quantitative estimate of drug-likeness (QED) is 0.440. The Labute approximate surface area is 127 Å². The summed E-state index contributed by atoms with van der Waals surface area (Å²) in [4.78, 5) is 53.8. The third-order valence-corrected chi connectivity index (χ3v) is 4.93. The van der Waals surface area contributed by atoms with Crippen molar-refractivity contribution in [3.05, 3.63) is 27.3 Å². The van der Waals surface area contributed by atoms with E-state index in [0.717, 1.165) is 10.9 Å². The Bertz CT molecular complexity index is 768. The lowest BCUT2D eigenvalue weighted by Gasteiger charge is -2.17. The van der Waals surface area contributed by atoms with Gasteiger partial charge in [0.2, 0.25) is 0 Å². The second-order valence-corrected chi connectivity index (χ2v) is 7.34. The number of aromatic amines is 1. The van der Waals surface area contributed by atoms with Crippen molar-refractivity contribution >= 4 is 15.6 Å². The standard InChI is InChI=1S/C8H13N3O10P2/c12-7-9-4-11(8(13)10-7)6-2-1-5(20-6)3-19-23(17,18)21-22(14,15)16/h4-6H,1-3H2,(H,17,18)(H,10,12,13)(H2,14,15,16)/t5-,6+/m0/s1. The molecule has 2 rings (SSSR count). The summed E-state index contributed by atoms with van der Waals surface area (Å²) in [5.74, 6) is 0. The van der Waals surface area contributed by atoms with Gasteiger partial charge in [-0.25, -0.2) is 18.7 Å². The van der Waals surface area contributed by atoms with Crippen LogP contribution in [0.2, 0.25) is 0 Å². The van der Waals surface area contributed by atoms with Crippen LogP contribution >= 0.6 is 15.6 Å². The molecule has 13 nitrogen and oxygen atoms in total. The van der Waals surface area contributed by atoms with E-state index in [1.54, 1.807) is 0 Å². The summed E-state index contributed by atoms with van der Waals surface area (Å²) in [6.45, 7) is -0.490. The third-order valence-electron chi connectivity index (χ3n) is 2.78. The van der Waals surface area contributed by atoms with Crippen LogP contribution < -0.4 is 11.4 Å². The topological polar surface area (TPSA) is 190 Å². The van der Waals surface area contributed by atoms with Crippen LogP contribution in [0, 0.1) is 0 Å². The van der Waals surface area contributed by atoms with Gasteiger partial charge in [-0.2, -0.15) is 9.29 Å². The fraction of sp³-hybridized carbons (Fsp3) is 0.625. The summed E-state index contributed by atoms with van der Waals surface area (Å²) < 4.78 is 36.3. The molecule has 15 heteroatoms.